The van der Waals surface area contributed by atoms with E-state index in [2.05, 4.69) is 20.8 Å². The third-order valence-corrected chi connectivity index (χ3v) is 4.56. The molecule has 2 rings (SSSR count). The van der Waals surface area contributed by atoms with Crippen LogP contribution in [0, 0.1) is 0 Å². The number of halogens is 3. The van der Waals surface area contributed by atoms with Gasteiger partial charge >= 0.3 is 6.18 Å². The van der Waals surface area contributed by atoms with E-state index in [4.69, 9.17) is 0 Å². The number of amides is 1. The molecule has 0 aliphatic carbocycles. The van der Waals surface area contributed by atoms with Crippen LogP contribution in [0.15, 0.2) is 28.6 Å². The molecule has 5 nitrogen and oxygen atoms in total. The topological polar surface area (TPSA) is 66.9 Å². The van der Waals surface area contributed by atoms with Crippen LogP contribution in [0.25, 0.3) is 0 Å². The minimum Gasteiger partial charge on any atom is -0.356 e. The maximum Gasteiger partial charge on any atom is 0.418 e. The highest BCUT2D eigenvalue weighted by Crippen LogP contribution is 2.36. The van der Waals surface area contributed by atoms with E-state index >= 15 is 0 Å². The summed E-state index contributed by atoms with van der Waals surface area (Å²) in [6, 6.07) is 5.19. The van der Waals surface area contributed by atoms with Crippen LogP contribution in [0.5, 0.6) is 0 Å². The molecule has 1 aromatic heterocycles. The zero-order valence-corrected chi connectivity index (χ0v) is 13.6. The second-order valence-electron chi connectivity index (χ2n) is 4.37. The number of aromatic nitrogens is 2. The minimum absolute atomic E-state index is 0.0639. The molecule has 0 saturated carbocycles. The Bertz CT molecular complexity index is 675. The highest BCUT2D eigenvalue weighted by atomic mass is 32.2. The Morgan fingerprint density at radius 3 is 2.74 bits per heavy atom. The third-order valence-electron chi connectivity index (χ3n) is 2.58. The van der Waals surface area contributed by atoms with Crippen LogP contribution in [0.3, 0.4) is 0 Å². The van der Waals surface area contributed by atoms with Crippen molar-refractivity contribution in [1.29, 1.82) is 0 Å². The number of hydrogen-bond acceptors (Lipinski definition) is 6. The quantitative estimate of drug-likeness (QED) is 0.608. The molecule has 10 heteroatoms. The predicted molar refractivity (Wildman–Crippen MR) is 84.0 cm³/mol. The first-order valence-electron chi connectivity index (χ1n) is 6.50. The highest BCUT2D eigenvalue weighted by molar-refractivity contribution is 8.01. The van der Waals surface area contributed by atoms with Crippen molar-refractivity contribution >= 4 is 39.8 Å². The van der Waals surface area contributed by atoms with E-state index in [-0.39, 0.29) is 16.7 Å². The Morgan fingerprint density at radius 2 is 2.04 bits per heavy atom. The molecule has 1 heterocycles. The number of anilines is 2. The first-order chi connectivity index (χ1) is 10.9. The number of nitrogens with one attached hydrogen (secondary N) is 2. The Kier molecular flexibility index (Phi) is 5.83. The van der Waals surface area contributed by atoms with Crippen molar-refractivity contribution < 1.29 is 18.0 Å². The molecule has 0 spiro atoms. The van der Waals surface area contributed by atoms with E-state index in [1.807, 2.05) is 0 Å². The first-order valence-corrected chi connectivity index (χ1v) is 8.30. The SMILES string of the molecule is CC(=O)NCCSc1nnc(Nc2ccccc2C(F)(F)F)s1. The summed E-state index contributed by atoms with van der Waals surface area (Å²) >= 11 is 2.53. The maximum absolute atomic E-state index is 12.9. The largest absolute Gasteiger partial charge is 0.418 e. The molecule has 0 radical (unpaired) electrons. The summed E-state index contributed by atoms with van der Waals surface area (Å²) < 4.78 is 39.4. The smallest absolute Gasteiger partial charge is 0.356 e. The van der Waals surface area contributed by atoms with Crippen molar-refractivity contribution in [3.63, 3.8) is 0 Å². The standard InChI is InChI=1S/C13H13F3N4OS2/c1-8(21)17-6-7-22-12-20-19-11(23-12)18-10-5-3-2-4-9(10)13(14,15)16/h2-5H,6-7H2,1H3,(H,17,21)(H,18,19). The molecular formula is C13H13F3N4OS2. The van der Waals surface area contributed by atoms with Gasteiger partial charge in [0.1, 0.15) is 0 Å². The van der Waals surface area contributed by atoms with Gasteiger partial charge in [-0.1, -0.05) is 35.2 Å². The van der Waals surface area contributed by atoms with Gasteiger partial charge in [0, 0.05) is 19.2 Å². The summed E-state index contributed by atoms with van der Waals surface area (Å²) in [6.07, 6.45) is -4.44. The van der Waals surface area contributed by atoms with Crippen LogP contribution in [0.2, 0.25) is 0 Å². The molecule has 23 heavy (non-hydrogen) atoms. The summed E-state index contributed by atoms with van der Waals surface area (Å²) in [4.78, 5) is 10.7. The van der Waals surface area contributed by atoms with Gasteiger partial charge in [-0.05, 0) is 12.1 Å². The fraction of sp³-hybridized carbons (Fsp3) is 0.308. The van der Waals surface area contributed by atoms with Crippen molar-refractivity contribution in [3.05, 3.63) is 29.8 Å². The number of nitrogens with zero attached hydrogens (tertiary/aromatic N) is 2. The second-order valence-corrected chi connectivity index (χ2v) is 6.69. The fourth-order valence-corrected chi connectivity index (χ4v) is 3.33. The van der Waals surface area contributed by atoms with Gasteiger partial charge in [0.05, 0.1) is 11.3 Å². The molecule has 2 N–H and O–H groups in total. The van der Waals surface area contributed by atoms with E-state index in [1.54, 1.807) is 0 Å². The first kappa shape index (κ1) is 17.5. The average Bonchev–Trinajstić information content (AvgIpc) is 2.90. The van der Waals surface area contributed by atoms with E-state index in [1.165, 1.54) is 36.9 Å². The number of carbonyl (C=O) groups excluding carboxylic acids is 1. The number of rotatable bonds is 6. The third kappa shape index (κ3) is 5.39. The van der Waals surface area contributed by atoms with E-state index in [0.29, 0.717) is 16.6 Å². The lowest BCUT2D eigenvalue weighted by molar-refractivity contribution is -0.137. The molecule has 1 amide bonds. The normalized spacial score (nSPS) is 11.3. The van der Waals surface area contributed by atoms with Gasteiger partial charge in [-0.2, -0.15) is 13.2 Å². The van der Waals surface area contributed by atoms with Gasteiger partial charge in [-0.25, -0.2) is 0 Å². The molecule has 0 bridgehead atoms. The number of benzene rings is 1. The van der Waals surface area contributed by atoms with Crippen LogP contribution < -0.4 is 10.6 Å². The number of carbonyl (C=O) groups is 1. The van der Waals surface area contributed by atoms with Crippen LogP contribution in [0.4, 0.5) is 24.0 Å². The van der Waals surface area contributed by atoms with E-state index in [9.17, 15) is 18.0 Å². The lowest BCUT2D eigenvalue weighted by atomic mass is 10.2. The van der Waals surface area contributed by atoms with Gasteiger partial charge in [-0.15, -0.1) is 10.2 Å². The summed E-state index contributed by atoms with van der Waals surface area (Å²) in [5.41, 5.74) is -0.819. The molecule has 0 saturated heterocycles. The molecule has 0 aliphatic heterocycles. The van der Waals surface area contributed by atoms with Crippen LogP contribution >= 0.6 is 23.1 Å². The van der Waals surface area contributed by atoms with Crippen LogP contribution in [0.1, 0.15) is 12.5 Å². The zero-order chi connectivity index (χ0) is 16.9. The van der Waals surface area contributed by atoms with Gasteiger partial charge in [0.15, 0.2) is 4.34 Å². The summed E-state index contributed by atoms with van der Waals surface area (Å²) in [6.45, 7) is 1.91. The lowest BCUT2D eigenvalue weighted by Gasteiger charge is -2.12. The zero-order valence-electron chi connectivity index (χ0n) is 12.0. The lowest BCUT2D eigenvalue weighted by Crippen LogP contribution is -2.22. The monoisotopic (exact) mass is 362 g/mol. The number of hydrogen-bond donors (Lipinski definition) is 2. The fourth-order valence-electron chi connectivity index (χ4n) is 1.64. The van der Waals surface area contributed by atoms with Crippen LogP contribution in [-0.4, -0.2) is 28.4 Å². The van der Waals surface area contributed by atoms with Gasteiger partial charge in [0.25, 0.3) is 0 Å². The van der Waals surface area contributed by atoms with Gasteiger partial charge in [0.2, 0.25) is 11.0 Å². The Morgan fingerprint density at radius 1 is 1.30 bits per heavy atom. The number of alkyl halides is 3. The summed E-state index contributed by atoms with van der Waals surface area (Å²) in [5, 5.41) is 13.3. The van der Waals surface area contributed by atoms with Crippen molar-refractivity contribution in [1.82, 2.24) is 15.5 Å². The maximum atomic E-state index is 12.9. The van der Waals surface area contributed by atoms with Gasteiger partial charge < -0.3 is 10.6 Å². The van der Waals surface area contributed by atoms with Crippen molar-refractivity contribution in [2.75, 3.05) is 17.6 Å². The van der Waals surface area contributed by atoms with E-state index < -0.39 is 11.7 Å². The predicted octanol–water partition coefficient (Wildman–Crippen LogP) is 3.53. The Balaban J connectivity index is 1.98. The molecule has 0 atom stereocenters. The van der Waals surface area contributed by atoms with Crippen molar-refractivity contribution in [2.45, 2.75) is 17.4 Å². The molecule has 1 aromatic carbocycles. The van der Waals surface area contributed by atoms with Crippen molar-refractivity contribution in [2.24, 2.45) is 0 Å². The molecular weight excluding hydrogens is 349 g/mol. The Labute approximate surface area is 138 Å². The Hall–Kier alpha value is -1.81. The van der Waals surface area contributed by atoms with Crippen LogP contribution in [-0.2, 0) is 11.0 Å². The summed E-state index contributed by atoms with van der Waals surface area (Å²) in [5.74, 6) is 0.488. The second kappa shape index (κ2) is 7.64. The van der Waals surface area contributed by atoms with Crippen molar-refractivity contribution in [3.8, 4) is 0 Å². The molecule has 124 valence electrons. The van der Waals surface area contributed by atoms with Gasteiger partial charge in [-0.3, -0.25) is 4.79 Å². The van der Waals surface area contributed by atoms with E-state index in [0.717, 1.165) is 17.4 Å². The number of thioether (sulfide) groups is 1. The minimum atomic E-state index is -4.44. The number of para-hydroxylation sites is 1. The molecule has 0 fully saturated rings. The molecule has 0 aliphatic rings. The highest BCUT2D eigenvalue weighted by Gasteiger charge is 2.33. The molecule has 2 aromatic rings. The molecule has 0 unspecified atom stereocenters. The summed E-state index contributed by atoms with van der Waals surface area (Å²) in [7, 11) is 0. The average molecular weight is 362 g/mol.